The maximum Gasteiger partial charge on any atom is 0.322 e. The Morgan fingerprint density at radius 2 is 2.13 bits per heavy atom. The zero-order valence-corrected chi connectivity index (χ0v) is 8.64. The van der Waals surface area contributed by atoms with E-state index in [-0.39, 0.29) is 0 Å². The molecule has 15 heavy (non-hydrogen) atoms. The minimum Gasteiger partial charge on any atom is -0.480 e. The van der Waals surface area contributed by atoms with Crippen molar-refractivity contribution < 1.29 is 19.8 Å². The summed E-state index contributed by atoms with van der Waals surface area (Å²) in [5, 5.41) is 19.9. The molecule has 0 aromatic heterocycles. The lowest BCUT2D eigenvalue weighted by atomic mass is 10.1. The second-order valence-corrected chi connectivity index (χ2v) is 3.09. The molecule has 2 unspecified atom stereocenters. The first-order chi connectivity index (χ1) is 7.02. The second-order valence-electron chi connectivity index (χ2n) is 3.09. The first-order valence-electron chi connectivity index (χ1n) is 4.66. The summed E-state index contributed by atoms with van der Waals surface area (Å²) in [7, 11) is 0. The summed E-state index contributed by atoms with van der Waals surface area (Å²) in [6.45, 7) is 4.65. The maximum absolute atomic E-state index is 11.2. The van der Waals surface area contributed by atoms with Gasteiger partial charge in [0.15, 0.2) is 6.10 Å². The van der Waals surface area contributed by atoms with Crippen LogP contribution in [0.3, 0.4) is 0 Å². The molecule has 2 atom stereocenters. The van der Waals surface area contributed by atoms with E-state index in [1.807, 2.05) is 6.92 Å². The van der Waals surface area contributed by atoms with E-state index >= 15 is 0 Å². The van der Waals surface area contributed by atoms with Gasteiger partial charge in [-0.05, 0) is 13.1 Å². The molecule has 0 rings (SSSR count). The Labute approximate surface area is 88.0 Å². The lowest BCUT2D eigenvalue weighted by Gasteiger charge is -2.17. The minimum absolute atomic E-state index is 0.508. The van der Waals surface area contributed by atoms with Crippen LogP contribution in [-0.4, -0.2) is 47.5 Å². The Hall–Kier alpha value is -1.43. The molecule has 0 aromatic carbocycles. The molecule has 1 amide bonds. The van der Waals surface area contributed by atoms with Crippen molar-refractivity contribution in [2.75, 3.05) is 6.54 Å². The summed E-state index contributed by atoms with van der Waals surface area (Å²) in [6.07, 6.45) is -0.0419. The van der Waals surface area contributed by atoms with E-state index in [0.29, 0.717) is 6.42 Å². The van der Waals surface area contributed by atoms with Crippen LogP contribution in [0.25, 0.3) is 0 Å². The number of amides is 1. The smallest absolute Gasteiger partial charge is 0.322 e. The standard InChI is InChI=1S/C9H16N2O4/c1-3-4-6(10-2)8(14)9(15)11-5-7(12)13/h6,8,14H,2-5H2,1H3,(H,11,15)(H,12,13). The average molecular weight is 216 g/mol. The van der Waals surface area contributed by atoms with Crippen LogP contribution in [0.5, 0.6) is 0 Å². The topological polar surface area (TPSA) is 99.0 Å². The van der Waals surface area contributed by atoms with E-state index in [4.69, 9.17) is 5.11 Å². The highest BCUT2D eigenvalue weighted by Gasteiger charge is 2.24. The molecule has 0 aromatic rings. The summed E-state index contributed by atoms with van der Waals surface area (Å²) >= 11 is 0. The molecule has 6 nitrogen and oxygen atoms in total. The van der Waals surface area contributed by atoms with Gasteiger partial charge >= 0.3 is 5.97 Å². The molecule has 0 heterocycles. The highest BCUT2D eigenvalue weighted by molar-refractivity contribution is 5.84. The zero-order chi connectivity index (χ0) is 11.8. The molecule has 6 heteroatoms. The van der Waals surface area contributed by atoms with Crippen molar-refractivity contribution >= 4 is 18.6 Å². The number of rotatable bonds is 7. The van der Waals surface area contributed by atoms with Gasteiger partial charge < -0.3 is 15.5 Å². The van der Waals surface area contributed by atoms with Gasteiger partial charge in [-0.2, -0.15) is 0 Å². The molecule has 0 aliphatic carbocycles. The SMILES string of the molecule is C=NC(CCC)C(O)C(=O)NCC(=O)O. The fourth-order valence-corrected chi connectivity index (χ4v) is 1.09. The van der Waals surface area contributed by atoms with Crippen LogP contribution < -0.4 is 5.32 Å². The van der Waals surface area contributed by atoms with E-state index in [1.165, 1.54) is 0 Å². The molecule has 0 fully saturated rings. The number of nitrogens with one attached hydrogen (secondary N) is 1. The summed E-state index contributed by atoms with van der Waals surface area (Å²) in [5.41, 5.74) is 0. The number of aliphatic hydroxyl groups is 1. The van der Waals surface area contributed by atoms with Crippen LogP contribution in [0, 0.1) is 0 Å². The molecule has 0 bridgehead atoms. The number of carboxylic acid groups (broad SMARTS) is 1. The van der Waals surface area contributed by atoms with Gasteiger partial charge in [0.1, 0.15) is 6.54 Å². The Bertz CT molecular complexity index is 242. The molecule has 86 valence electrons. The highest BCUT2D eigenvalue weighted by atomic mass is 16.4. The fourth-order valence-electron chi connectivity index (χ4n) is 1.09. The number of aliphatic carboxylic acids is 1. The van der Waals surface area contributed by atoms with Gasteiger partial charge in [0.05, 0.1) is 6.04 Å². The van der Waals surface area contributed by atoms with Gasteiger partial charge in [0.2, 0.25) is 0 Å². The molecule has 0 aliphatic rings. The molecule has 3 N–H and O–H groups in total. The van der Waals surface area contributed by atoms with Gasteiger partial charge in [-0.25, -0.2) is 0 Å². The number of carbonyl (C=O) groups is 2. The van der Waals surface area contributed by atoms with E-state index in [9.17, 15) is 14.7 Å². The van der Waals surface area contributed by atoms with Crippen molar-refractivity contribution in [1.82, 2.24) is 5.32 Å². The Balaban J connectivity index is 4.15. The minimum atomic E-state index is -1.33. The number of hydrogen-bond donors (Lipinski definition) is 3. The van der Waals surface area contributed by atoms with E-state index < -0.39 is 30.6 Å². The van der Waals surface area contributed by atoms with Crippen LogP contribution in [0.1, 0.15) is 19.8 Å². The Morgan fingerprint density at radius 1 is 1.53 bits per heavy atom. The Morgan fingerprint density at radius 3 is 2.53 bits per heavy atom. The second kappa shape index (κ2) is 6.94. The number of aliphatic hydroxyl groups excluding tert-OH is 1. The van der Waals surface area contributed by atoms with Crippen LogP contribution in [0.15, 0.2) is 4.99 Å². The lowest BCUT2D eigenvalue weighted by Crippen LogP contribution is -2.43. The summed E-state index contributed by atoms with van der Waals surface area (Å²) in [6, 6.07) is -0.580. The van der Waals surface area contributed by atoms with Crippen molar-refractivity contribution in [3.05, 3.63) is 0 Å². The lowest BCUT2D eigenvalue weighted by molar-refractivity contribution is -0.139. The Kier molecular flexibility index (Phi) is 6.28. The third kappa shape index (κ3) is 5.11. The van der Waals surface area contributed by atoms with Crippen LogP contribution in [0.4, 0.5) is 0 Å². The fraction of sp³-hybridized carbons (Fsp3) is 0.667. The monoisotopic (exact) mass is 216 g/mol. The normalized spacial score (nSPS) is 14.0. The molecule has 0 radical (unpaired) electrons. The number of carboxylic acids is 1. The van der Waals surface area contributed by atoms with Crippen molar-refractivity contribution in [2.24, 2.45) is 4.99 Å². The summed E-state index contributed by atoms with van der Waals surface area (Å²) < 4.78 is 0. The number of aliphatic imine (C=N–C) groups is 1. The van der Waals surface area contributed by atoms with Crippen molar-refractivity contribution in [2.45, 2.75) is 31.9 Å². The third-order valence-corrected chi connectivity index (χ3v) is 1.87. The van der Waals surface area contributed by atoms with Gasteiger partial charge in [-0.15, -0.1) is 0 Å². The highest BCUT2D eigenvalue weighted by Crippen LogP contribution is 2.06. The van der Waals surface area contributed by atoms with Crippen molar-refractivity contribution in [3.63, 3.8) is 0 Å². The summed E-state index contributed by atoms with van der Waals surface area (Å²) in [4.78, 5) is 25.0. The van der Waals surface area contributed by atoms with Crippen LogP contribution in [-0.2, 0) is 9.59 Å². The van der Waals surface area contributed by atoms with E-state index in [2.05, 4.69) is 17.0 Å². The molecule has 0 saturated heterocycles. The summed E-state index contributed by atoms with van der Waals surface area (Å²) in [5.74, 6) is -1.89. The van der Waals surface area contributed by atoms with Gasteiger partial charge in [-0.3, -0.25) is 14.6 Å². The van der Waals surface area contributed by atoms with E-state index in [0.717, 1.165) is 6.42 Å². The molecular formula is C9H16N2O4. The molecule has 0 spiro atoms. The number of nitrogens with zero attached hydrogens (tertiary/aromatic N) is 1. The van der Waals surface area contributed by atoms with E-state index in [1.54, 1.807) is 0 Å². The predicted octanol–water partition coefficient (Wildman–Crippen LogP) is -0.583. The molecule has 0 saturated carbocycles. The first-order valence-corrected chi connectivity index (χ1v) is 4.66. The van der Waals surface area contributed by atoms with Crippen molar-refractivity contribution in [3.8, 4) is 0 Å². The first kappa shape index (κ1) is 13.6. The van der Waals surface area contributed by atoms with Crippen LogP contribution >= 0.6 is 0 Å². The predicted molar refractivity (Wildman–Crippen MR) is 54.9 cm³/mol. The largest absolute Gasteiger partial charge is 0.480 e. The molecule has 0 aliphatic heterocycles. The molecular weight excluding hydrogens is 200 g/mol. The maximum atomic E-state index is 11.2. The average Bonchev–Trinajstić information content (AvgIpc) is 2.21. The van der Waals surface area contributed by atoms with Crippen LogP contribution in [0.2, 0.25) is 0 Å². The quantitative estimate of drug-likeness (QED) is 0.496. The van der Waals surface area contributed by atoms with Gasteiger partial charge in [0, 0.05) is 0 Å². The van der Waals surface area contributed by atoms with Crippen molar-refractivity contribution in [1.29, 1.82) is 0 Å². The van der Waals surface area contributed by atoms with Gasteiger partial charge in [-0.1, -0.05) is 13.3 Å². The zero-order valence-electron chi connectivity index (χ0n) is 8.64. The van der Waals surface area contributed by atoms with Gasteiger partial charge in [0.25, 0.3) is 5.91 Å². The third-order valence-electron chi connectivity index (χ3n) is 1.87. The number of hydrogen-bond acceptors (Lipinski definition) is 4. The number of carbonyl (C=O) groups excluding carboxylic acids is 1.